The van der Waals surface area contributed by atoms with Crippen LogP contribution >= 0.6 is 0 Å². The molecule has 1 heteroatoms. The molecule has 0 aromatic heterocycles. The summed E-state index contributed by atoms with van der Waals surface area (Å²) in [4.78, 5) is 0. The highest BCUT2D eigenvalue weighted by molar-refractivity contribution is 5.24. The summed E-state index contributed by atoms with van der Waals surface area (Å²) in [6, 6.07) is 0. The maximum Gasteiger partial charge on any atom is 0.0616 e. The van der Waals surface area contributed by atoms with Crippen LogP contribution in [0.5, 0.6) is 0 Å². The molecule has 56 valence electrons. The van der Waals surface area contributed by atoms with E-state index in [1.54, 1.807) is 0 Å². The van der Waals surface area contributed by atoms with Crippen LogP contribution in [-0.4, -0.2) is 11.2 Å². The zero-order chi connectivity index (χ0) is 7.35. The van der Waals surface area contributed by atoms with Crippen molar-refractivity contribution in [3.05, 3.63) is 11.6 Å². The number of rotatable bonds is 0. The van der Waals surface area contributed by atoms with Crippen molar-refractivity contribution in [3.8, 4) is 0 Å². The van der Waals surface area contributed by atoms with Gasteiger partial charge in [-0.3, -0.25) is 0 Å². The van der Waals surface area contributed by atoms with Gasteiger partial charge in [-0.25, -0.2) is 0 Å². The lowest BCUT2D eigenvalue weighted by Gasteiger charge is -2.48. The van der Waals surface area contributed by atoms with Crippen LogP contribution in [0.3, 0.4) is 0 Å². The number of allylic oxidation sites excluding steroid dienone is 1. The van der Waals surface area contributed by atoms with Crippen LogP contribution in [0.2, 0.25) is 0 Å². The minimum atomic E-state index is -0.0382. The molecule has 0 aromatic rings. The first-order chi connectivity index (χ1) is 4.63. The normalized spacial score (nSPS) is 51.7. The lowest BCUT2D eigenvalue weighted by Crippen LogP contribution is -2.47. The molecule has 0 spiro atoms. The molecule has 2 aliphatic carbocycles. The number of hydrogen-bond acceptors (Lipinski definition) is 1. The summed E-state index contributed by atoms with van der Waals surface area (Å²) < 4.78 is 0. The Morgan fingerprint density at radius 2 is 2.40 bits per heavy atom. The monoisotopic (exact) mass is 138 g/mol. The molecule has 3 atom stereocenters. The van der Waals surface area contributed by atoms with E-state index in [1.807, 2.05) is 0 Å². The minimum Gasteiger partial charge on any atom is -0.392 e. The molecule has 1 nitrogen and oxygen atoms in total. The van der Waals surface area contributed by atoms with E-state index in [4.69, 9.17) is 0 Å². The number of fused-ring (bicyclic) bond motifs is 1. The molecule has 0 bridgehead atoms. The first-order valence-corrected chi connectivity index (χ1v) is 3.98. The van der Waals surface area contributed by atoms with Crippen molar-refractivity contribution in [2.24, 2.45) is 11.3 Å². The predicted octanol–water partition coefficient (Wildman–Crippen LogP) is 1.72. The van der Waals surface area contributed by atoms with Gasteiger partial charge >= 0.3 is 0 Å². The number of hydrogen-bond donors (Lipinski definition) is 1. The lowest BCUT2D eigenvalue weighted by molar-refractivity contribution is -0.0655. The average molecular weight is 138 g/mol. The van der Waals surface area contributed by atoms with Crippen molar-refractivity contribution in [3.63, 3.8) is 0 Å². The van der Waals surface area contributed by atoms with E-state index in [-0.39, 0.29) is 6.10 Å². The van der Waals surface area contributed by atoms with Crippen LogP contribution in [0.1, 0.15) is 26.7 Å². The molecular formula is C9H14O. The summed E-state index contributed by atoms with van der Waals surface area (Å²) in [5.41, 5.74) is 1.84. The van der Waals surface area contributed by atoms with E-state index < -0.39 is 0 Å². The summed E-state index contributed by atoms with van der Waals surface area (Å²) in [6.45, 7) is 4.41. The Morgan fingerprint density at radius 1 is 1.70 bits per heavy atom. The van der Waals surface area contributed by atoms with Gasteiger partial charge in [0.25, 0.3) is 0 Å². The topological polar surface area (TPSA) is 20.2 Å². The zero-order valence-electron chi connectivity index (χ0n) is 6.59. The fourth-order valence-corrected chi connectivity index (χ4v) is 2.61. The van der Waals surface area contributed by atoms with Crippen molar-refractivity contribution >= 4 is 0 Å². The summed E-state index contributed by atoms with van der Waals surface area (Å²) in [5, 5.41) is 9.41. The van der Waals surface area contributed by atoms with E-state index in [0.717, 1.165) is 6.42 Å². The Hall–Kier alpha value is -0.300. The van der Waals surface area contributed by atoms with Crippen LogP contribution in [0.4, 0.5) is 0 Å². The standard InChI is InChI=1S/C9H14O/c1-6-3-4-9(2)5-7(10)8(6)9/h3,7-8,10H,4-5H2,1-2H3/t7-,8-,9+/m1/s1. The Morgan fingerprint density at radius 3 is 2.80 bits per heavy atom. The van der Waals surface area contributed by atoms with Gasteiger partial charge in [0.05, 0.1) is 6.10 Å². The smallest absolute Gasteiger partial charge is 0.0616 e. The Balaban J connectivity index is 2.24. The van der Waals surface area contributed by atoms with Gasteiger partial charge in [-0.2, -0.15) is 0 Å². The lowest BCUT2D eigenvalue weighted by atomic mass is 9.59. The SMILES string of the molecule is CC1=CC[C@@]2(C)C[C@@H](O)[C@@H]12. The van der Waals surface area contributed by atoms with Gasteiger partial charge in [0.15, 0.2) is 0 Å². The van der Waals surface area contributed by atoms with E-state index in [9.17, 15) is 5.11 Å². The van der Waals surface area contributed by atoms with Crippen LogP contribution < -0.4 is 0 Å². The summed E-state index contributed by atoms with van der Waals surface area (Å²) in [5.74, 6) is 0.493. The van der Waals surface area contributed by atoms with Crippen molar-refractivity contribution in [1.82, 2.24) is 0 Å². The van der Waals surface area contributed by atoms with E-state index in [2.05, 4.69) is 19.9 Å². The van der Waals surface area contributed by atoms with Gasteiger partial charge in [0.1, 0.15) is 0 Å². The quantitative estimate of drug-likeness (QED) is 0.505. The second-order valence-corrected chi connectivity index (χ2v) is 4.06. The molecule has 0 saturated heterocycles. The van der Waals surface area contributed by atoms with Gasteiger partial charge in [-0.1, -0.05) is 18.6 Å². The van der Waals surface area contributed by atoms with Gasteiger partial charge in [0, 0.05) is 5.92 Å². The summed E-state index contributed by atoms with van der Waals surface area (Å²) in [6.07, 6.45) is 4.43. The highest BCUT2D eigenvalue weighted by Gasteiger charge is 2.52. The van der Waals surface area contributed by atoms with Crippen LogP contribution in [0.15, 0.2) is 11.6 Å². The zero-order valence-corrected chi connectivity index (χ0v) is 6.59. The first kappa shape index (κ1) is 6.41. The van der Waals surface area contributed by atoms with E-state index in [1.165, 1.54) is 12.0 Å². The average Bonchev–Trinajstić information content (AvgIpc) is 2.03. The second kappa shape index (κ2) is 1.65. The maximum atomic E-state index is 9.41. The van der Waals surface area contributed by atoms with Crippen molar-refractivity contribution < 1.29 is 5.11 Å². The van der Waals surface area contributed by atoms with Crippen molar-refractivity contribution in [2.45, 2.75) is 32.8 Å². The predicted molar refractivity (Wildman–Crippen MR) is 40.6 cm³/mol. The largest absolute Gasteiger partial charge is 0.392 e. The van der Waals surface area contributed by atoms with Gasteiger partial charge in [-0.05, 0) is 25.2 Å². The molecule has 0 aliphatic heterocycles. The molecule has 0 heterocycles. The first-order valence-electron chi connectivity index (χ1n) is 3.98. The number of aliphatic hydroxyl groups excluding tert-OH is 1. The van der Waals surface area contributed by atoms with Crippen molar-refractivity contribution in [2.75, 3.05) is 0 Å². The minimum absolute atomic E-state index is 0.0382. The second-order valence-electron chi connectivity index (χ2n) is 4.06. The van der Waals surface area contributed by atoms with E-state index >= 15 is 0 Å². The Labute approximate surface area is 61.8 Å². The molecule has 0 unspecified atom stereocenters. The molecular weight excluding hydrogens is 124 g/mol. The Kier molecular flexibility index (Phi) is 1.06. The molecule has 1 saturated carbocycles. The van der Waals surface area contributed by atoms with Gasteiger partial charge < -0.3 is 5.11 Å². The molecule has 10 heavy (non-hydrogen) atoms. The fourth-order valence-electron chi connectivity index (χ4n) is 2.61. The molecule has 1 fully saturated rings. The van der Waals surface area contributed by atoms with Gasteiger partial charge in [0.2, 0.25) is 0 Å². The fraction of sp³-hybridized carbons (Fsp3) is 0.778. The number of aliphatic hydroxyl groups is 1. The highest BCUT2D eigenvalue weighted by atomic mass is 16.3. The maximum absolute atomic E-state index is 9.41. The summed E-state index contributed by atoms with van der Waals surface area (Å²) in [7, 11) is 0. The molecule has 1 N–H and O–H groups in total. The van der Waals surface area contributed by atoms with Crippen molar-refractivity contribution in [1.29, 1.82) is 0 Å². The van der Waals surface area contributed by atoms with Gasteiger partial charge in [-0.15, -0.1) is 0 Å². The molecule has 0 radical (unpaired) electrons. The van der Waals surface area contributed by atoms with Crippen LogP contribution in [-0.2, 0) is 0 Å². The highest BCUT2D eigenvalue weighted by Crippen LogP contribution is 2.56. The molecule has 0 aromatic carbocycles. The van der Waals surface area contributed by atoms with Crippen LogP contribution in [0.25, 0.3) is 0 Å². The van der Waals surface area contributed by atoms with E-state index in [0.29, 0.717) is 11.3 Å². The summed E-state index contributed by atoms with van der Waals surface area (Å²) >= 11 is 0. The molecule has 0 amide bonds. The third-order valence-electron chi connectivity index (χ3n) is 3.19. The van der Waals surface area contributed by atoms with Crippen LogP contribution in [0, 0.1) is 11.3 Å². The Bertz CT molecular complexity index is 195. The third kappa shape index (κ3) is 0.567. The third-order valence-corrected chi connectivity index (χ3v) is 3.19. The molecule has 2 rings (SSSR count). The molecule has 2 aliphatic rings.